The number of hydrogen-bond donors (Lipinski definition) is 1. The van der Waals surface area contributed by atoms with Crippen molar-refractivity contribution < 1.29 is 4.79 Å². The fraction of sp³-hybridized carbons (Fsp3) is 0.0588. The van der Waals surface area contributed by atoms with Crippen LogP contribution in [0.15, 0.2) is 64.5 Å². The molecule has 23 heavy (non-hydrogen) atoms. The van der Waals surface area contributed by atoms with Crippen molar-refractivity contribution in [3.63, 3.8) is 0 Å². The van der Waals surface area contributed by atoms with E-state index < -0.39 is 0 Å². The summed E-state index contributed by atoms with van der Waals surface area (Å²) in [5.74, 6) is 0.628. The third kappa shape index (κ3) is 2.62. The molecular weight excluding hydrogens is 330 g/mol. The minimum atomic E-state index is -0.272. The molecule has 1 fully saturated rings. The van der Waals surface area contributed by atoms with E-state index in [0.29, 0.717) is 15.8 Å². The fourth-order valence-electron chi connectivity index (χ4n) is 2.44. The second-order valence-corrected chi connectivity index (χ2v) is 6.61. The summed E-state index contributed by atoms with van der Waals surface area (Å²) in [4.78, 5) is 17.8. The van der Waals surface area contributed by atoms with Gasteiger partial charge < -0.3 is 0 Å². The second kappa shape index (κ2) is 5.76. The van der Waals surface area contributed by atoms with Crippen LogP contribution in [0, 0.1) is 0 Å². The molecule has 0 spiro atoms. The van der Waals surface area contributed by atoms with E-state index in [1.54, 1.807) is 5.01 Å². The van der Waals surface area contributed by atoms with Gasteiger partial charge >= 0.3 is 0 Å². The minimum Gasteiger partial charge on any atom is -0.276 e. The first kappa shape index (κ1) is 14.4. The molecule has 4 rings (SSSR count). The van der Waals surface area contributed by atoms with Crippen LogP contribution < -0.4 is 5.43 Å². The van der Waals surface area contributed by atoms with Gasteiger partial charge in [0.05, 0.1) is 4.91 Å². The van der Waals surface area contributed by atoms with Crippen LogP contribution in [0.3, 0.4) is 0 Å². The predicted octanol–water partition coefficient (Wildman–Crippen LogP) is 3.50. The lowest BCUT2D eigenvalue weighted by Crippen LogP contribution is -2.40. The van der Waals surface area contributed by atoms with Crippen molar-refractivity contribution in [1.82, 2.24) is 10.4 Å². The molecule has 0 bridgehead atoms. The average molecular weight is 342 g/mol. The molecule has 0 aromatic heterocycles. The number of halogens is 1. The largest absolute Gasteiger partial charge is 0.281 e. The molecule has 2 aliphatic rings. The molecule has 4 nitrogen and oxygen atoms in total. The van der Waals surface area contributed by atoms with Gasteiger partial charge in [0, 0.05) is 10.6 Å². The van der Waals surface area contributed by atoms with E-state index in [4.69, 9.17) is 11.6 Å². The van der Waals surface area contributed by atoms with Crippen LogP contribution in [0.2, 0.25) is 5.02 Å². The van der Waals surface area contributed by atoms with Gasteiger partial charge in [-0.15, -0.1) is 0 Å². The van der Waals surface area contributed by atoms with Gasteiger partial charge in [0.25, 0.3) is 5.91 Å². The second-order valence-electron chi connectivity index (χ2n) is 5.10. The van der Waals surface area contributed by atoms with Gasteiger partial charge in [0.2, 0.25) is 0 Å². The zero-order valence-electron chi connectivity index (χ0n) is 11.9. The lowest BCUT2D eigenvalue weighted by molar-refractivity contribution is -0.127. The Morgan fingerprint density at radius 2 is 1.87 bits per heavy atom. The highest BCUT2D eigenvalue weighted by molar-refractivity contribution is 8.05. The molecule has 1 atom stereocenters. The number of benzene rings is 2. The first-order chi connectivity index (χ1) is 11.2. The number of amides is 1. The molecule has 6 heteroatoms. The quantitative estimate of drug-likeness (QED) is 0.850. The summed E-state index contributed by atoms with van der Waals surface area (Å²) in [5.41, 5.74) is 4.61. The van der Waals surface area contributed by atoms with Crippen molar-refractivity contribution in [2.24, 2.45) is 4.99 Å². The van der Waals surface area contributed by atoms with Crippen LogP contribution in [0.4, 0.5) is 0 Å². The number of hydrogen-bond acceptors (Lipinski definition) is 4. The smallest absolute Gasteiger partial charge is 0.276 e. The number of carbonyl (C=O) groups is 1. The number of thioether (sulfide) groups is 1. The highest BCUT2D eigenvalue weighted by atomic mass is 35.5. The number of hydrazine groups is 1. The molecule has 0 saturated carbocycles. The minimum absolute atomic E-state index is 0.0883. The maximum Gasteiger partial charge on any atom is 0.281 e. The van der Waals surface area contributed by atoms with Gasteiger partial charge in [-0.2, -0.15) is 0 Å². The molecule has 0 radical (unpaired) electrons. The molecule has 0 aliphatic carbocycles. The summed E-state index contributed by atoms with van der Waals surface area (Å²) >= 11 is 7.57. The summed E-state index contributed by atoms with van der Waals surface area (Å²) in [5, 5.41) is 2.18. The summed E-state index contributed by atoms with van der Waals surface area (Å²) in [6.45, 7) is 0. The number of nitrogens with one attached hydrogen (secondary N) is 1. The van der Waals surface area contributed by atoms with E-state index in [2.05, 4.69) is 10.4 Å². The van der Waals surface area contributed by atoms with Gasteiger partial charge in [-0.1, -0.05) is 71.9 Å². The maximum absolute atomic E-state index is 12.5. The summed E-state index contributed by atoms with van der Waals surface area (Å²) in [7, 11) is 0. The van der Waals surface area contributed by atoms with Gasteiger partial charge in [0.1, 0.15) is 5.84 Å². The van der Waals surface area contributed by atoms with E-state index in [9.17, 15) is 4.79 Å². The Bertz CT molecular complexity index is 835. The lowest BCUT2D eigenvalue weighted by Gasteiger charge is -2.13. The molecule has 0 unspecified atom stereocenters. The van der Waals surface area contributed by atoms with Crippen LogP contribution in [0.5, 0.6) is 0 Å². The lowest BCUT2D eigenvalue weighted by atomic mass is 10.2. The molecule has 1 amide bonds. The Balaban J connectivity index is 1.60. The van der Waals surface area contributed by atoms with Crippen molar-refractivity contribution in [2.75, 3.05) is 0 Å². The number of amidine groups is 1. The van der Waals surface area contributed by atoms with Crippen molar-refractivity contribution in [3.8, 4) is 0 Å². The summed E-state index contributed by atoms with van der Waals surface area (Å²) in [6.07, 6.45) is 1.81. The Labute approximate surface area is 142 Å². The number of nitrogens with zero attached hydrogens (tertiary/aromatic N) is 2. The number of fused-ring (bicyclic) bond motifs is 1. The van der Waals surface area contributed by atoms with Crippen molar-refractivity contribution in [3.05, 3.63) is 75.7 Å². The predicted molar refractivity (Wildman–Crippen MR) is 93.8 cm³/mol. The van der Waals surface area contributed by atoms with Crippen LogP contribution in [-0.4, -0.2) is 22.2 Å². The average Bonchev–Trinajstić information content (AvgIpc) is 3.11. The van der Waals surface area contributed by atoms with E-state index >= 15 is 0 Å². The first-order valence-corrected chi connectivity index (χ1v) is 8.34. The molecule has 2 heterocycles. The van der Waals surface area contributed by atoms with Crippen LogP contribution >= 0.6 is 23.4 Å². The standard InChI is InChI=1S/C17H12ClN3OS/c18-13-9-5-4-8-12(13)10-14-16(22)21-17(23-14)19-15(20-21)11-6-2-1-3-7-11/h1-10,17H,(H,19,20)/b14-10-/t17-/m0/s1. The SMILES string of the molecule is O=C1/C(=C/c2ccccc2Cl)S[C@H]2N=C(c3ccccc3)NN12. The van der Waals surface area contributed by atoms with Crippen molar-refractivity contribution in [1.29, 1.82) is 0 Å². The van der Waals surface area contributed by atoms with Crippen LogP contribution in [0.25, 0.3) is 6.08 Å². The van der Waals surface area contributed by atoms with Crippen LogP contribution in [-0.2, 0) is 4.79 Å². The zero-order chi connectivity index (χ0) is 15.8. The molecule has 1 N–H and O–H groups in total. The highest BCUT2D eigenvalue weighted by Gasteiger charge is 2.41. The third-order valence-corrected chi connectivity index (χ3v) is 5.01. The van der Waals surface area contributed by atoms with Gasteiger partial charge in [-0.3, -0.25) is 10.2 Å². The Morgan fingerprint density at radius 3 is 2.61 bits per heavy atom. The van der Waals surface area contributed by atoms with Gasteiger partial charge in [-0.25, -0.2) is 10.0 Å². The fourth-order valence-corrected chi connectivity index (χ4v) is 3.67. The molecule has 1 saturated heterocycles. The topological polar surface area (TPSA) is 44.7 Å². The van der Waals surface area contributed by atoms with E-state index in [1.165, 1.54) is 11.8 Å². The molecular formula is C17H12ClN3OS. The van der Waals surface area contributed by atoms with E-state index in [0.717, 1.165) is 11.1 Å². The first-order valence-electron chi connectivity index (χ1n) is 7.09. The maximum atomic E-state index is 12.5. The van der Waals surface area contributed by atoms with E-state index in [-0.39, 0.29) is 11.4 Å². The molecule has 2 aliphatic heterocycles. The molecule has 2 aromatic rings. The number of aliphatic imine (C=N–C) groups is 1. The highest BCUT2D eigenvalue weighted by Crippen LogP contribution is 2.38. The molecule has 114 valence electrons. The normalized spacial score (nSPS) is 21.3. The third-order valence-electron chi connectivity index (χ3n) is 3.59. The summed E-state index contributed by atoms with van der Waals surface area (Å²) in [6, 6.07) is 17.2. The Morgan fingerprint density at radius 1 is 1.13 bits per heavy atom. The van der Waals surface area contributed by atoms with Gasteiger partial charge in [0.15, 0.2) is 5.50 Å². The molecule has 2 aromatic carbocycles. The zero-order valence-corrected chi connectivity index (χ0v) is 13.5. The van der Waals surface area contributed by atoms with Crippen molar-refractivity contribution in [2.45, 2.75) is 5.50 Å². The number of rotatable bonds is 2. The van der Waals surface area contributed by atoms with Crippen molar-refractivity contribution >= 4 is 41.2 Å². The van der Waals surface area contributed by atoms with Crippen LogP contribution in [0.1, 0.15) is 11.1 Å². The Kier molecular flexibility index (Phi) is 3.59. The van der Waals surface area contributed by atoms with Gasteiger partial charge in [-0.05, 0) is 17.7 Å². The monoisotopic (exact) mass is 341 g/mol. The number of carbonyl (C=O) groups excluding carboxylic acids is 1. The van der Waals surface area contributed by atoms with E-state index in [1.807, 2.05) is 60.7 Å². The Hall–Kier alpha value is -2.24. The summed E-state index contributed by atoms with van der Waals surface area (Å²) < 4.78 is 0.